The Bertz CT molecular complexity index is 1160. The molecule has 1 aromatic carbocycles. The number of anilines is 2. The second-order valence-electron chi connectivity index (χ2n) is 9.43. The van der Waals surface area contributed by atoms with Crippen molar-refractivity contribution in [1.29, 1.82) is 0 Å². The molecule has 186 valence electrons. The van der Waals surface area contributed by atoms with Crippen molar-refractivity contribution in [3.8, 4) is 10.4 Å². The van der Waals surface area contributed by atoms with Gasteiger partial charge in [-0.25, -0.2) is 15.0 Å². The van der Waals surface area contributed by atoms with Gasteiger partial charge in [-0.05, 0) is 81.2 Å². The van der Waals surface area contributed by atoms with Crippen molar-refractivity contribution >= 4 is 28.9 Å². The Kier molecular flexibility index (Phi) is 8.10. The summed E-state index contributed by atoms with van der Waals surface area (Å²) in [5, 5.41) is 33.2. The third kappa shape index (κ3) is 6.42. The third-order valence-corrected chi connectivity index (χ3v) is 7.86. The van der Waals surface area contributed by atoms with Gasteiger partial charge in [0.25, 0.3) is 0 Å². The van der Waals surface area contributed by atoms with Gasteiger partial charge >= 0.3 is 5.97 Å². The Morgan fingerprint density at radius 2 is 1.94 bits per heavy atom. The van der Waals surface area contributed by atoms with E-state index in [1.807, 2.05) is 38.2 Å². The summed E-state index contributed by atoms with van der Waals surface area (Å²) in [6, 6.07) is 8.04. The summed E-state index contributed by atoms with van der Waals surface area (Å²) < 4.78 is 0. The summed E-state index contributed by atoms with van der Waals surface area (Å²) >= 11 is 1.59. The van der Waals surface area contributed by atoms with Crippen LogP contribution in [0.15, 0.2) is 36.7 Å². The first-order valence-electron chi connectivity index (χ1n) is 12.0. The normalized spacial score (nSPS) is 19.8. The molecule has 3 aromatic rings. The van der Waals surface area contributed by atoms with E-state index in [1.54, 1.807) is 17.5 Å². The van der Waals surface area contributed by atoms with E-state index in [2.05, 4.69) is 21.4 Å². The molecule has 2 aromatic heterocycles. The maximum absolute atomic E-state index is 11.4. The molecule has 9 heteroatoms. The van der Waals surface area contributed by atoms with Crippen LogP contribution in [0.25, 0.3) is 10.4 Å². The van der Waals surface area contributed by atoms with Crippen molar-refractivity contribution in [2.75, 3.05) is 11.9 Å². The van der Waals surface area contributed by atoms with Crippen molar-refractivity contribution in [2.24, 2.45) is 11.8 Å². The minimum absolute atomic E-state index is 0.0197. The Morgan fingerprint density at radius 1 is 1.17 bits per heavy atom. The summed E-state index contributed by atoms with van der Waals surface area (Å²) in [6.07, 6.45) is 6.01. The molecule has 35 heavy (non-hydrogen) atoms. The molecule has 0 spiro atoms. The highest BCUT2D eigenvalue weighted by Crippen LogP contribution is 2.43. The van der Waals surface area contributed by atoms with E-state index in [9.17, 15) is 20.1 Å². The van der Waals surface area contributed by atoms with Crippen molar-refractivity contribution in [2.45, 2.75) is 58.0 Å². The summed E-state index contributed by atoms with van der Waals surface area (Å²) in [7, 11) is 0. The van der Waals surface area contributed by atoms with Crippen LogP contribution < -0.4 is 5.32 Å². The van der Waals surface area contributed by atoms with Crippen LogP contribution in [-0.4, -0.2) is 49.0 Å². The Labute approximate surface area is 209 Å². The number of carbonyl (C=O) groups is 1. The summed E-state index contributed by atoms with van der Waals surface area (Å²) in [4.78, 5) is 25.8. The lowest BCUT2D eigenvalue weighted by molar-refractivity contribution is -0.143. The van der Waals surface area contributed by atoms with Crippen LogP contribution in [0.4, 0.5) is 11.6 Å². The predicted octanol–water partition coefficient (Wildman–Crippen LogP) is 4.68. The minimum Gasteiger partial charge on any atom is -0.481 e. The lowest BCUT2D eigenvalue weighted by Crippen LogP contribution is -2.27. The molecule has 0 amide bonds. The van der Waals surface area contributed by atoms with E-state index in [4.69, 9.17) is 4.98 Å². The molecule has 1 fully saturated rings. The molecule has 1 aliphatic carbocycles. The maximum atomic E-state index is 11.4. The Morgan fingerprint density at radius 3 is 2.63 bits per heavy atom. The number of aromatic nitrogens is 3. The zero-order valence-electron chi connectivity index (χ0n) is 20.0. The van der Waals surface area contributed by atoms with E-state index >= 15 is 0 Å². The number of carboxylic acid groups (broad SMARTS) is 1. The number of aryl methyl sites for hydroxylation is 2. The van der Waals surface area contributed by atoms with Gasteiger partial charge in [0.05, 0.1) is 28.5 Å². The zero-order chi connectivity index (χ0) is 24.9. The van der Waals surface area contributed by atoms with Crippen molar-refractivity contribution < 1.29 is 20.1 Å². The fourth-order valence-electron chi connectivity index (χ4n) is 4.86. The van der Waals surface area contributed by atoms with E-state index < -0.39 is 12.1 Å². The predicted molar refractivity (Wildman–Crippen MR) is 136 cm³/mol. The largest absolute Gasteiger partial charge is 0.481 e. The van der Waals surface area contributed by atoms with Crippen LogP contribution in [0.2, 0.25) is 0 Å². The number of aliphatic hydroxyl groups excluding tert-OH is 2. The van der Waals surface area contributed by atoms with Crippen LogP contribution >= 0.6 is 11.3 Å². The van der Waals surface area contributed by atoms with Crippen LogP contribution in [0, 0.1) is 25.7 Å². The van der Waals surface area contributed by atoms with Crippen LogP contribution in [0.1, 0.15) is 54.3 Å². The molecule has 1 saturated carbocycles. The van der Waals surface area contributed by atoms with Crippen molar-refractivity contribution in [3.05, 3.63) is 52.9 Å². The number of aliphatic carboxylic acids is 1. The molecule has 2 heterocycles. The molecule has 0 bridgehead atoms. The van der Waals surface area contributed by atoms with Gasteiger partial charge in [0.2, 0.25) is 5.95 Å². The van der Waals surface area contributed by atoms with Crippen LogP contribution in [-0.2, 0) is 4.79 Å². The van der Waals surface area contributed by atoms with E-state index in [0.717, 1.165) is 45.2 Å². The average Bonchev–Trinajstić information content (AvgIpc) is 3.32. The fourth-order valence-corrected chi connectivity index (χ4v) is 5.97. The van der Waals surface area contributed by atoms with Gasteiger partial charge in [-0.15, -0.1) is 11.3 Å². The summed E-state index contributed by atoms with van der Waals surface area (Å²) in [5.74, 6) is -0.265. The molecule has 0 saturated heterocycles. The SMILES string of the molecule is Cc1cc(Nc2nccc(C)n2)cc(-c2cnc(C(CC(O)CO)C3CCC(C(=O)O)CC3)s2)c1. The lowest BCUT2D eigenvalue weighted by Gasteiger charge is -2.32. The smallest absolute Gasteiger partial charge is 0.306 e. The van der Waals surface area contributed by atoms with E-state index in [0.29, 0.717) is 25.2 Å². The molecule has 4 N–H and O–H groups in total. The number of hydrogen-bond acceptors (Lipinski definition) is 8. The summed E-state index contributed by atoms with van der Waals surface area (Å²) in [5.41, 5.74) is 3.89. The van der Waals surface area contributed by atoms with Gasteiger partial charge in [0.1, 0.15) is 0 Å². The first kappa shape index (κ1) is 25.2. The third-order valence-electron chi connectivity index (χ3n) is 6.68. The van der Waals surface area contributed by atoms with Gasteiger partial charge in [-0.3, -0.25) is 4.79 Å². The topological polar surface area (TPSA) is 128 Å². The average molecular weight is 497 g/mol. The Hall–Kier alpha value is -2.88. The number of nitrogens with one attached hydrogen (secondary N) is 1. The van der Waals surface area contributed by atoms with E-state index in [-0.39, 0.29) is 24.4 Å². The highest BCUT2D eigenvalue weighted by molar-refractivity contribution is 7.15. The molecule has 2 unspecified atom stereocenters. The van der Waals surface area contributed by atoms with Gasteiger partial charge in [-0.1, -0.05) is 6.07 Å². The fraction of sp³-hybridized carbons (Fsp3) is 0.462. The summed E-state index contributed by atoms with van der Waals surface area (Å²) in [6.45, 7) is 3.66. The number of thiazole rings is 1. The van der Waals surface area contributed by atoms with Crippen molar-refractivity contribution in [3.63, 3.8) is 0 Å². The molecule has 8 nitrogen and oxygen atoms in total. The van der Waals surface area contributed by atoms with Gasteiger partial charge in [0.15, 0.2) is 0 Å². The number of aliphatic hydroxyl groups is 2. The van der Waals surface area contributed by atoms with Crippen molar-refractivity contribution in [1.82, 2.24) is 15.0 Å². The number of carboxylic acids is 1. The van der Waals surface area contributed by atoms with Crippen LogP contribution in [0.5, 0.6) is 0 Å². The highest BCUT2D eigenvalue weighted by atomic mass is 32.1. The minimum atomic E-state index is -0.825. The number of hydrogen-bond donors (Lipinski definition) is 4. The number of nitrogens with zero attached hydrogens (tertiary/aromatic N) is 3. The second-order valence-corrected chi connectivity index (χ2v) is 10.5. The monoisotopic (exact) mass is 496 g/mol. The maximum Gasteiger partial charge on any atom is 0.306 e. The molecule has 4 rings (SSSR count). The molecular weight excluding hydrogens is 464 g/mol. The number of rotatable bonds is 9. The Balaban J connectivity index is 1.57. The zero-order valence-corrected chi connectivity index (χ0v) is 20.8. The standard InChI is InChI=1S/C26H32N4O4S/c1-15-9-19(11-20(10-15)30-26-27-8-7-16(2)29-26)23-13-28-24(35-23)22(12-21(32)14-31)17-3-5-18(6-4-17)25(33)34/h7-11,13,17-18,21-22,31-32H,3-6,12,14H2,1-2H3,(H,33,34)(H,27,29,30). The number of benzene rings is 1. The molecule has 0 aliphatic heterocycles. The van der Waals surface area contributed by atoms with Gasteiger partial charge in [-0.2, -0.15) is 0 Å². The first-order valence-corrected chi connectivity index (χ1v) is 12.8. The second kappa shape index (κ2) is 11.2. The molecular formula is C26H32N4O4S. The molecule has 2 atom stereocenters. The quantitative estimate of drug-likeness (QED) is 0.336. The van der Waals surface area contributed by atoms with Gasteiger partial charge < -0.3 is 20.6 Å². The van der Waals surface area contributed by atoms with Gasteiger partial charge in [0, 0.05) is 29.7 Å². The molecule has 1 aliphatic rings. The molecule has 0 radical (unpaired) electrons. The lowest BCUT2D eigenvalue weighted by atomic mass is 9.74. The first-order chi connectivity index (χ1) is 16.8. The van der Waals surface area contributed by atoms with E-state index in [1.165, 1.54) is 0 Å². The highest BCUT2D eigenvalue weighted by Gasteiger charge is 2.33. The van der Waals surface area contributed by atoms with Crippen LogP contribution in [0.3, 0.4) is 0 Å².